The second kappa shape index (κ2) is 5.75. The second-order valence-electron chi connectivity index (χ2n) is 6.88. The van der Waals surface area contributed by atoms with Crippen molar-refractivity contribution in [2.45, 2.75) is 39.8 Å². The molecular formula is C18H22N4O3. The minimum Gasteiger partial charge on any atom is -0.466 e. The number of aromatic nitrogens is 2. The van der Waals surface area contributed by atoms with E-state index in [-0.39, 0.29) is 11.8 Å². The van der Waals surface area contributed by atoms with E-state index in [1.54, 1.807) is 22.6 Å². The molecule has 1 saturated heterocycles. The van der Waals surface area contributed by atoms with Gasteiger partial charge in [-0.1, -0.05) is 0 Å². The van der Waals surface area contributed by atoms with Crippen LogP contribution in [0.2, 0.25) is 0 Å². The number of likely N-dealkylation sites (tertiary alicyclic amines) is 1. The van der Waals surface area contributed by atoms with E-state index in [0.29, 0.717) is 30.1 Å². The number of hydrogen-bond acceptors (Lipinski definition) is 4. The van der Waals surface area contributed by atoms with Crippen LogP contribution in [0, 0.1) is 13.8 Å². The van der Waals surface area contributed by atoms with Crippen molar-refractivity contribution in [3.05, 3.63) is 40.1 Å². The molecule has 2 aromatic heterocycles. The molecular weight excluding hydrogens is 320 g/mol. The van der Waals surface area contributed by atoms with Gasteiger partial charge in [0.1, 0.15) is 11.5 Å². The number of carbonyl (C=O) groups is 2. The summed E-state index contributed by atoms with van der Waals surface area (Å²) in [4.78, 5) is 29.2. The van der Waals surface area contributed by atoms with Gasteiger partial charge < -0.3 is 14.2 Å². The Bertz CT molecular complexity index is 858. The Balaban J connectivity index is 1.60. The number of fused-ring (bicyclic) bond motifs is 1. The Morgan fingerprint density at radius 2 is 1.80 bits per heavy atom. The smallest absolute Gasteiger partial charge is 0.274 e. The van der Waals surface area contributed by atoms with E-state index in [1.165, 1.54) is 0 Å². The van der Waals surface area contributed by atoms with Gasteiger partial charge in [0.2, 0.25) is 0 Å². The summed E-state index contributed by atoms with van der Waals surface area (Å²) >= 11 is 0. The topological polar surface area (TPSA) is 71.6 Å². The average Bonchev–Trinajstić information content (AvgIpc) is 3.32. The zero-order valence-corrected chi connectivity index (χ0v) is 14.8. The summed E-state index contributed by atoms with van der Waals surface area (Å²) in [6, 6.07) is 1.77. The third-order valence-corrected chi connectivity index (χ3v) is 5.12. The molecule has 25 heavy (non-hydrogen) atoms. The highest BCUT2D eigenvalue weighted by Crippen LogP contribution is 2.29. The number of carbonyl (C=O) groups excluding carboxylic acids is 2. The number of amides is 2. The van der Waals surface area contributed by atoms with Crippen LogP contribution < -0.4 is 0 Å². The highest BCUT2D eigenvalue weighted by atomic mass is 16.3. The Kier molecular flexibility index (Phi) is 3.67. The van der Waals surface area contributed by atoms with E-state index >= 15 is 0 Å². The molecule has 2 aromatic rings. The van der Waals surface area contributed by atoms with Crippen LogP contribution in [-0.4, -0.2) is 44.5 Å². The summed E-state index contributed by atoms with van der Waals surface area (Å²) in [7, 11) is 1.83. The molecule has 4 heterocycles. The van der Waals surface area contributed by atoms with E-state index < -0.39 is 0 Å². The molecule has 7 heteroatoms. The van der Waals surface area contributed by atoms with Crippen LogP contribution in [0.15, 0.2) is 10.5 Å². The lowest BCUT2D eigenvalue weighted by atomic mass is 10.2. The predicted molar refractivity (Wildman–Crippen MR) is 90.1 cm³/mol. The summed E-state index contributed by atoms with van der Waals surface area (Å²) in [6.07, 6.45) is 2.09. The number of hydrogen-bond donors (Lipinski definition) is 0. The minimum absolute atomic E-state index is 0.0148. The van der Waals surface area contributed by atoms with Gasteiger partial charge in [0.15, 0.2) is 5.69 Å². The fraction of sp³-hybridized carbons (Fsp3) is 0.500. The Labute approximate surface area is 146 Å². The van der Waals surface area contributed by atoms with Crippen molar-refractivity contribution in [3.8, 4) is 0 Å². The Hall–Kier alpha value is -2.57. The Morgan fingerprint density at radius 1 is 1.08 bits per heavy atom. The molecule has 4 rings (SSSR count). The van der Waals surface area contributed by atoms with Crippen molar-refractivity contribution in [1.29, 1.82) is 0 Å². The monoisotopic (exact) mass is 342 g/mol. The minimum atomic E-state index is -0.0647. The second-order valence-corrected chi connectivity index (χ2v) is 6.88. The van der Waals surface area contributed by atoms with E-state index in [0.717, 1.165) is 42.9 Å². The van der Waals surface area contributed by atoms with E-state index in [1.807, 2.05) is 18.9 Å². The van der Waals surface area contributed by atoms with Crippen LogP contribution >= 0.6 is 0 Å². The van der Waals surface area contributed by atoms with Crippen LogP contribution in [-0.2, 0) is 20.1 Å². The van der Waals surface area contributed by atoms with Crippen molar-refractivity contribution in [1.82, 2.24) is 19.6 Å². The summed E-state index contributed by atoms with van der Waals surface area (Å²) in [5, 5.41) is 4.43. The molecule has 0 aliphatic carbocycles. The van der Waals surface area contributed by atoms with Gasteiger partial charge in [-0.15, -0.1) is 0 Å². The van der Waals surface area contributed by atoms with Crippen LogP contribution in [0.25, 0.3) is 0 Å². The maximum atomic E-state index is 12.8. The maximum Gasteiger partial charge on any atom is 0.274 e. The summed E-state index contributed by atoms with van der Waals surface area (Å²) in [5.41, 5.74) is 2.90. The fourth-order valence-corrected chi connectivity index (χ4v) is 3.79. The average molecular weight is 342 g/mol. The molecule has 0 N–H and O–H groups in total. The molecule has 132 valence electrons. The summed E-state index contributed by atoms with van der Waals surface area (Å²) in [5.74, 6) is 1.28. The van der Waals surface area contributed by atoms with Gasteiger partial charge in [0.05, 0.1) is 24.3 Å². The lowest BCUT2D eigenvalue weighted by Gasteiger charge is -2.17. The largest absolute Gasteiger partial charge is 0.466 e. The SMILES string of the molecule is Cc1cc(C(=O)N2Cc3c(C(=O)N4CCCC4)nn(C)c3C2)c(C)o1. The molecule has 0 unspecified atom stereocenters. The number of rotatable bonds is 2. The van der Waals surface area contributed by atoms with Gasteiger partial charge in [0, 0.05) is 25.7 Å². The normalized spacial score (nSPS) is 16.6. The molecule has 1 fully saturated rings. The van der Waals surface area contributed by atoms with Crippen molar-refractivity contribution in [2.24, 2.45) is 7.05 Å². The third-order valence-electron chi connectivity index (χ3n) is 5.12. The van der Waals surface area contributed by atoms with Crippen molar-refractivity contribution < 1.29 is 14.0 Å². The van der Waals surface area contributed by atoms with Gasteiger partial charge in [-0.25, -0.2) is 0 Å². The molecule has 0 bridgehead atoms. The molecule has 0 radical (unpaired) electrons. The van der Waals surface area contributed by atoms with Crippen LogP contribution in [0.4, 0.5) is 0 Å². The first-order valence-electron chi connectivity index (χ1n) is 8.66. The summed E-state index contributed by atoms with van der Waals surface area (Å²) in [6.45, 7) is 6.10. The predicted octanol–water partition coefficient (Wildman–Crippen LogP) is 2.02. The summed E-state index contributed by atoms with van der Waals surface area (Å²) < 4.78 is 7.22. The quantitative estimate of drug-likeness (QED) is 0.837. The van der Waals surface area contributed by atoms with E-state index in [2.05, 4.69) is 5.10 Å². The van der Waals surface area contributed by atoms with Crippen molar-refractivity contribution in [2.75, 3.05) is 13.1 Å². The van der Waals surface area contributed by atoms with Crippen LogP contribution in [0.5, 0.6) is 0 Å². The molecule has 2 amide bonds. The van der Waals surface area contributed by atoms with Gasteiger partial charge in [-0.05, 0) is 32.8 Å². The van der Waals surface area contributed by atoms with Crippen LogP contribution in [0.3, 0.4) is 0 Å². The third kappa shape index (κ3) is 2.54. The zero-order valence-electron chi connectivity index (χ0n) is 14.8. The van der Waals surface area contributed by atoms with Crippen molar-refractivity contribution in [3.63, 3.8) is 0 Å². The van der Waals surface area contributed by atoms with Gasteiger partial charge in [0.25, 0.3) is 11.8 Å². The molecule has 0 aromatic carbocycles. The van der Waals surface area contributed by atoms with Crippen LogP contribution in [0.1, 0.15) is 56.5 Å². The molecule has 2 aliphatic heterocycles. The zero-order chi connectivity index (χ0) is 17.7. The van der Waals surface area contributed by atoms with Gasteiger partial charge in [-0.2, -0.15) is 5.10 Å². The van der Waals surface area contributed by atoms with Gasteiger partial charge in [-0.3, -0.25) is 14.3 Å². The highest BCUT2D eigenvalue weighted by molar-refractivity contribution is 5.97. The van der Waals surface area contributed by atoms with E-state index in [4.69, 9.17) is 4.42 Å². The Morgan fingerprint density at radius 3 is 2.44 bits per heavy atom. The highest BCUT2D eigenvalue weighted by Gasteiger charge is 2.35. The first-order valence-corrected chi connectivity index (χ1v) is 8.66. The lowest BCUT2D eigenvalue weighted by molar-refractivity contribution is 0.0735. The van der Waals surface area contributed by atoms with Crippen molar-refractivity contribution >= 4 is 11.8 Å². The number of furan rings is 1. The molecule has 0 saturated carbocycles. The fourth-order valence-electron chi connectivity index (χ4n) is 3.79. The lowest BCUT2D eigenvalue weighted by Crippen LogP contribution is -2.30. The molecule has 7 nitrogen and oxygen atoms in total. The number of aryl methyl sites for hydroxylation is 3. The molecule has 2 aliphatic rings. The van der Waals surface area contributed by atoms with E-state index in [9.17, 15) is 9.59 Å². The molecule has 0 atom stereocenters. The first-order chi connectivity index (χ1) is 12.0. The number of nitrogens with zero attached hydrogens (tertiary/aromatic N) is 4. The maximum absolute atomic E-state index is 12.8. The van der Waals surface area contributed by atoms with Gasteiger partial charge >= 0.3 is 0 Å². The molecule has 0 spiro atoms. The standard InChI is InChI=1S/C18H22N4O3/c1-11-8-13(12(2)25-11)17(23)22-9-14-15(10-22)20(3)19-16(14)18(24)21-6-4-5-7-21/h8H,4-7,9-10H2,1-3H3. The first kappa shape index (κ1) is 15.9.